The molecule has 0 bridgehead atoms. The van der Waals surface area contributed by atoms with Crippen LogP contribution >= 0.6 is 0 Å². The van der Waals surface area contributed by atoms with Crippen molar-refractivity contribution in [2.75, 3.05) is 26.4 Å². The Balaban J connectivity index is 2.16. The van der Waals surface area contributed by atoms with Crippen LogP contribution < -0.4 is 0 Å². The minimum atomic E-state index is -1.53. The molecule has 9 heteroatoms. The molecular weight excluding hydrogens is 733 g/mol. The van der Waals surface area contributed by atoms with Gasteiger partial charge in [-0.1, -0.05) is 206 Å². The van der Waals surface area contributed by atoms with E-state index in [-0.39, 0.29) is 19.2 Å². The van der Waals surface area contributed by atoms with Crippen molar-refractivity contribution in [3.8, 4) is 0 Å². The summed E-state index contributed by atoms with van der Waals surface area (Å²) in [6.07, 6.45) is 39.7. The van der Waals surface area contributed by atoms with Crippen LogP contribution in [0.25, 0.3) is 0 Å². The first-order chi connectivity index (χ1) is 28.4. The monoisotopic (exact) mass is 827 g/mol. The molecule has 0 saturated carbocycles. The molecule has 0 radical (unpaired) electrons. The first-order valence-electron chi connectivity index (χ1n) is 24.8. The predicted octanol–water partition coefficient (Wildman–Crippen LogP) is 11.6. The zero-order valence-electron chi connectivity index (χ0n) is 37.8. The summed E-state index contributed by atoms with van der Waals surface area (Å²) in [5, 5.41) is 40.1. The number of unbranched alkanes of at least 4 members (excludes halogenated alkanes) is 30. The Hall–Kier alpha value is -1.07. The number of allylic oxidation sites excluding steroid dienone is 2. The number of aliphatic hydroxyl groups is 4. The maximum absolute atomic E-state index is 12.8. The van der Waals surface area contributed by atoms with Crippen LogP contribution in [0, 0.1) is 0 Å². The number of aliphatic hydroxyl groups excluding tert-OH is 4. The van der Waals surface area contributed by atoms with Gasteiger partial charge in [-0.05, 0) is 32.1 Å². The number of carbonyl (C=O) groups excluding carboxylic acids is 1. The van der Waals surface area contributed by atoms with Gasteiger partial charge >= 0.3 is 5.97 Å². The Kier molecular flexibility index (Phi) is 39.1. The summed E-state index contributed by atoms with van der Waals surface area (Å²) < 4.78 is 22.8. The van der Waals surface area contributed by atoms with Crippen LogP contribution in [-0.2, 0) is 23.7 Å². The van der Waals surface area contributed by atoms with Gasteiger partial charge in [-0.3, -0.25) is 4.79 Å². The molecule has 1 aliphatic rings. The molecule has 1 heterocycles. The second kappa shape index (κ2) is 41.3. The van der Waals surface area contributed by atoms with Gasteiger partial charge < -0.3 is 39.4 Å². The van der Waals surface area contributed by atoms with Crippen molar-refractivity contribution in [3.63, 3.8) is 0 Å². The summed E-state index contributed by atoms with van der Waals surface area (Å²) in [6.45, 7) is 4.55. The average molecular weight is 827 g/mol. The molecule has 6 unspecified atom stereocenters. The lowest BCUT2D eigenvalue weighted by Gasteiger charge is -2.39. The van der Waals surface area contributed by atoms with E-state index in [9.17, 15) is 25.2 Å². The van der Waals surface area contributed by atoms with Gasteiger partial charge in [-0.2, -0.15) is 0 Å². The first kappa shape index (κ1) is 54.9. The number of carbonyl (C=O) groups is 1. The van der Waals surface area contributed by atoms with Crippen LogP contribution in [0.2, 0.25) is 0 Å². The molecule has 1 aliphatic heterocycles. The van der Waals surface area contributed by atoms with Crippen LogP contribution in [0.4, 0.5) is 0 Å². The van der Waals surface area contributed by atoms with E-state index in [1.807, 2.05) is 0 Å². The largest absolute Gasteiger partial charge is 0.457 e. The third-order valence-corrected chi connectivity index (χ3v) is 11.7. The van der Waals surface area contributed by atoms with E-state index in [0.29, 0.717) is 13.0 Å². The van der Waals surface area contributed by atoms with E-state index in [1.54, 1.807) is 0 Å². The van der Waals surface area contributed by atoms with E-state index in [0.717, 1.165) is 38.5 Å². The number of hydrogen-bond acceptors (Lipinski definition) is 9. The molecular formula is C49H94O9. The van der Waals surface area contributed by atoms with Gasteiger partial charge in [0.05, 0.1) is 19.8 Å². The maximum Gasteiger partial charge on any atom is 0.306 e. The van der Waals surface area contributed by atoms with Crippen molar-refractivity contribution < 1.29 is 44.2 Å². The summed E-state index contributed by atoms with van der Waals surface area (Å²) in [4.78, 5) is 12.8. The van der Waals surface area contributed by atoms with Crippen LogP contribution in [0.15, 0.2) is 12.2 Å². The Morgan fingerprint density at radius 1 is 0.534 bits per heavy atom. The lowest BCUT2D eigenvalue weighted by atomic mass is 9.99. The van der Waals surface area contributed by atoms with Crippen LogP contribution in [0.1, 0.15) is 232 Å². The van der Waals surface area contributed by atoms with E-state index in [4.69, 9.17) is 18.9 Å². The number of ether oxygens (including phenoxy) is 4. The number of esters is 1. The van der Waals surface area contributed by atoms with Gasteiger partial charge in [0.1, 0.15) is 30.5 Å². The molecule has 1 rings (SSSR count). The number of hydrogen-bond donors (Lipinski definition) is 4. The normalized spacial score (nSPS) is 20.3. The SMILES string of the molecule is CCCC/C=C\CCCCCCCCOCC(COC1OC(CO)C(O)C(O)C1O)OC(=O)CCCCCCCCCCCCCCCCCCCCCCCCC. The molecule has 0 aromatic carbocycles. The highest BCUT2D eigenvalue weighted by atomic mass is 16.7. The highest BCUT2D eigenvalue weighted by Crippen LogP contribution is 2.23. The van der Waals surface area contributed by atoms with Crippen LogP contribution in [-0.4, -0.2) is 89.6 Å². The molecule has 58 heavy (non-hydrogen) atoms. The highest BCUT2D eigenvalue weighted by Gasteiger charge is 2.44. The van der Waals surface area contributed by atoms with Gasteiger partial charge in [0.15, 0.2) is 6.29 Å². The van der Waals surface area contributed by atoms with Gasteiger partial charge in [-0.25, -0.2) is 0 Å². The Morgan fingerprint density at radius 3 is 1.45 bits per heavy atom. The maximum atomic E-state index is 12.8. The molecule has 9 nitrogen and oxygen atoms in total. The van der Waals surface area contributed by atoms with Gasteiger partial charge in [-0.15, -0.1) is 0 Å². The van der Waals surface area contributed by atoms with Crippen molar-refractivity contribution in [2.24, 2.45) is 0 Å². The standard InChI is InChI=1S/C49H94O9/c1-3-5-7-9-11-13-15-17-18-19-20-21-22-23-24-25-26-27-28-30-32-34-36-38-45(51)57-43(42-56-49-48(54)47(53)46(52)44(40-50)58-49)41-55-39-37-35-33-31-29-16-14-12-10-8-6-4-2/h10,12,43-44,46-50,52-54H,3-9,11,13-42H2,1-2H3/b12-10-. The Morgan fingerprint density at radius 2 is 0.966 bits per heavy atom. The van der Waals surface area contributed by atoms with Crippen molar-refractivity contribution in [3.05, 3.63) is 12.2 Å². The fourth-order valence-corrected chi connectivity index (χ4v) is 7.77. The fraction of sp³-hybridized carbons (Fsp3) is 0.939. The Bertz CT molecular complexity index is 899. The molecule has 0 aliphatic carbocycles. The van der Waals surface area contributed by atoms with E-state index in [2.05, 4.69) is 26.0 Å². The average Bonchev–Trinajstić information content (AvgIpc) is 3.22. The second-order valence-electron chi connectivity index (χ2n) is 17.3. The highest BCUT2D eigenvalue weighted by molar-refractivity contribution is 5.69. The number of rotatable bonds is 43. The molecule has 0 spiro atoms. The topological polar surface area (TPSA) is 135 Å². The van der Waals surface area contributed by atoms with Crippen molar-refractivity contribution in [2.45, 2.75) is 269 Å². The zero-order valence-corrected chi connectivity index (χ0v) is 37.8. The lowest BCUT2D eigenvalue weighted by molar-refractivity contribution is -0.305. The molecule has 4 N–H and O–H groups in total. The van der Waals surface area contributed by atoms with Crippen LogP contribution in [0.5, 0.6) is 0 Å². The molecule has 0 amide bonds. The molecule has 1 fully saturated rings. The smallest absolute Gasteiger partial charge is 0.306 e. The summed E-state index contributed by atoms with van der Waals surface area (Å²) in [6, 6.07) is 0. The second-order valence-corrected chi connectivity index (χ2v) is 17.3. The van der Waals surface area contributed by atoms with E-state index in [1.165, 1.54) is 173 Å². The quantitative estimate of drug-likeness (QED) is 0.0269. The summed E-state index contributed by atoms with van der Waals surface area (Å²) in [5.74, 6) is -0.310. The summed E-state index contributed by atoms with van der Waals surface area (Å²) >= 11 is 0. The van der Waals surface area contributed by atoms with Gasteiger partial charge in [0, 0.05) is 13.0 Å². The Labute approximate surface area is 356 Å². The molecule has 1 saturated heterocycles. The summed E-state index contributed by atoms with van der Waals surface area (Å²) in [7, 11) is 0. The zero-order chi connectivity index (χ0) is 42.2. The molecule has 6 atom stereocenters. The predicted molar refractivity (Wildman–Crippen MR) is 238 cm³/mol. The third-order valence-electron chi connectivity index (χ3n) is 11.7. The molecule has 344 valence electrons. The summed E-state index contributed by atoms with van der Waals surface area (Å²) in [5.41, 5.74) is 0. The first-order valence-corrected chi connectivity index (χ1v) is 24.8. The molecule has 0 aromatic rings. The van der Waals surface area contributed by atoms with Gasteiger partial charge in [0.25, 0.3) is 0 Å². The minimum absolute atomic E-state index is 0.110. The third kappa shape index (κ3) is 31.8. The van der Waals surface area contributed by atoms with Gasteiger partial charge in [0.2, 0.25) is 0 Å². The van der Waals surface area contributed by atoms with Crippen molar-refractivity contribution >= 4 is 5.97 Å². The van der Waals surface area contributed by atoms with Crippen molar-refractivity contribution in [1.82, 2.24) is 0 Å². The molecule has 0 aromatic heterocycles. The minimum Gasteiger partial charge on any atom is -0.457 e. The van der Waals surface area contributed by atoms with Crippen LogP contribution in [0.3, 0.4) is 0 Å². The van der Waals surface area contributed by atoms with E-state index < -0.39 is 43.4 Å². The van der Waals surface area contributed by atoms with E-state index >= 15 is 0 Å². The fourth-order valence-electron chi connectivity index (χ4n) is 7.77. The van der Waals surface area contributed by atoms with Crippen molar-refractivity contribution in [1.29, 1.82) is 0 Å². The lowest BCUT2D eigenvalue weighted by Crippen LogP contribution is -2.59.